The second-order valence-electron chi connectivity index (χ2n) is 5.15. The fourth-order valence-electron chi connectivity index (χ4n) is 2.15. The second kappa shape index (κ2) is 7.32. The van der Waals surface area contributed by atoms with Gasteiger partial charge in [-0.05, 0) is 6.42 Å². The number of aryl methyl sites for hydroxylation is 1. The third-order valence-corrected chi connectivity index (χ3v) is 4.35. The summed E-state index contributed by atoms with van der Waals surface area (Å²) in [4.78, 5) is 4.31. The molecule has 0 unspecified atom stereocenters. The smallest absolute Gasteiger partial charge is 0.210 e. The third kappa shape index (κ3) is 3.73. The highest BCUT2D eigenvalue weighted by Gasteiger charge is 2.12. The maximum absolute atomic E-state index is 6.02. The fourth-order valence-corrected chi connectivity index (χ4v) is 2.88. The first kappa shape index (κ1) is 15.6. The van der Waals surface area contributed by atoms with E-state index in [0.717, 1.165) is 36.4 Å². The van der Waals surface area contributed by atoms with Crippen LogP contribution in [0, 0.1) is 0 Å². The Morgan fingerprint density at radius 1 is 1.22 bits per heavy atom. The van der Waals surface area contributed by atoms with Crippen molar-refractivity contribution in [1.82, 2.24) is 19.9 Å². The van der Waals surface area contributed by atoms with Crippen LogP contribution in [0.2, 0.25) is 0 Å². The van der Waals surface area contributed by atoms with Gasteiger partial charge in [0.15, 0.2) is 11.6 Å². The Bertz CT molecular complexity index is 753. The molecular formula is C16H19N5OS. The summed E-state index contributed by atoms with van der Waals surface area (Å²) in [6.07, 6.45) is 4.75. The van der Waals surface area contributed by atoms with E-state index in [2.05, 4.69) is 22.1 Å². The number of nitrogens with two attached hydrogens (primary N) is 1. The summed E-state index contributed by atoms with van der Waals surface area (Å²) in [6.45, 7) is 2.14. The molecule has 0 atom stereocenters. The number of oxazole rings is 1. The molecule has 120 valence electrons. The van der Waals surface area contributed by atoms with E-state index in [9.17, 15) is 0 Å². The molecule has 0 fully saturated rings. The average molecular weight is 329 g/mol. The molecule has 2 aromatic heterocycles. The van der Waals surface area contributed by atoms with Crippen LogP contribution < -0.4 is 5.84 Å². The van der Waals surface area contributed by atoms with Crippen LogP contribution in [0.15, 0.2) is 46.1 Å². The van der Waals surface area contributed by atoms with Crippen molar-refractivity contribution in [1.29, 1.82) is 0 Å². The maximum atomic E-state index is 6.02. The molecule has 23 heavy (non-hydrogen) atoms. The van der Waals surface area contributed by atoms with Crippen molar-refractivity contribution in [3.63, 3.8) is 0 Å². The van der Waals surface area contributed by atoms with E-state index in [1.54, 1.807) is 10.9 Å². The molecule has 0 amide bonds. The number of hydrogen-bond acceptors (Lipinski definition) is 6. The van der Waals surface area contributed by atoms with E-state index in [4.69, 9.17) is 10.3 Å². The summed E-state index contributed by atoms with van der Waals surface area (Å²) < 4.78 is 7.33. The molecule has 0 saturated carbocycles. The van der Waals surface area contributed by atoms with Crippen LogP contribution in [0.3, 0.4) is 0 Å². The predicted molar refractivity (Wildman–Crippen MR) is 90.3 cm³/mol. The highest BCUT2D eigenvalue weighted by Crippen LogP contribution is 2.24. The van der Waals surface area contributed by atoms with Crippen LogP contribution in [0.25, 0.3) is 11.3 Å². The number of aromatic nitrogens is 4. The van der Waals surface area contributed by atoms with Crippen LogP contribution in [-0.2, 0) is 12.2 Å². The summed E-state index contributed by atoms with van der Waals surface area (Å²) in [5, 5.41) is 8.94. The summed E-state index contributed by atoms with van der Waals surface area (Å²) in [6, 6.07) is 9.91. The highest BCUT2D eigenvalue weighted by molar-refractivity contribution is 7.98. The number of hydrogen-bond donors (Lipinski definition) is 1. The third-order valence-electron chi connectivity index (χ3n) is 3.43. The van der Waals surface area contributed by atoms with Gasteiger partial charge in [0, 0.05) is 12.0 Å². The molecule has 3 rings (SSSR count). The molecule has 3 aromatic rings. The molecule has 0 radical (unpaired) electrons. The predicted octanol–water partition coefficient (Wildman–Crippen LogP) is 3.28. The van der Waals surface area contributed by atoms with Gasteiger partial charge in [-0.3, -0.25) is 0 Å². The molecule has 2 N–H and O–H groups in total. The molecule has 0 bridgehead atoms. The SMILES string of the molecule is CCCCc1nnc(SCc2ncc(-c3ccccc3)o2)n1N. The molecule has 6 nitrogen and oxygen atoms in total. The van der Waals surface area contributed by atoms with Crippen molar-refractivity contribution in [3.05, 3.63) is 48.2 Å². The lowest BCUT2D eigenvalue weighted by Crippen LogP contribution is -2.14. The Morgan fingerprint density at radius 2 is 2.04 bits per heavy atom. The first-order valence-corrected chi connectivity index (χ1v) is 8.58. The number of unbranched alkanes of at least 4 members (excludes halogenated alkanes) is 1. The Labute approximate surface area is 139 Å². The normalized spacial score (nSPS) is 11.0. The topological polar surface area (TPSA) is 82.8 Å². The van der Waals surface area contributed by atoms with Crippen molar-refractivity contribution in [2.45, 2.75) is 37.1 Å². The zero-order valence-corrected chi connectivity index (χ0v) is 13.8. The van der Waals surface area contributed by atoms with E-state index in [-0.39, 0.29) is 0 Å². The lowest BCUT2D eigenvalue weighted by molar-refractivity contribution is 0.529. The van der Waals surface area contributed by atoms with E-state index in [1.165, 1.54) is 11.8 Å². The van der Waals surface area contributed by atoms with Gasteiger partial charge in [0.1, 0.15) is 0 Å². The van der Waals surface area contributed by atoms with Gasteiger partial charge in [0.2, 0.25) is 11.0 Å². The Kier molecular flexibility index (Phi) is 4.97. The van der Waals surface area contributed by atoms with Gasteiger partial charge in [-0.2, -0.15) is 0 Å². The van der Waals surface area contributed by atoms with Gasteiger partial charge >= 0.3 is 0 Å². The Balaban J connectivity index is 1.63. The molecule has 0 aliphatic rings. The monoisotopic (exact) mass is 329 g/mol. The first-order valence-electron chi connectivity index (χ1n) is 7.60. The summed E-state index contributed by atoms with van der Waals surface area (Å²) in [5.74, 6) is 8.81. The van der Waals surface area contributed by atoms with Gasteiger partial charge in [0.25, 0.3) is 0 Å². The van der Waals surface area contributed by atoms with Crippen molar-refractivity contribution >= 4 is 11.8 Å². The zero-order chi connectivity index (χ0) is 16.1. The molecule has 0 aliphatic carbocycles. The highest BCUT2D eigenvalue weighted by atomic mass is 32.2. The Hall–Kier alpha value is -2.28. The van der Waals surface area contributed by atoms with Crippen LogP contribution in [0.1, 0.15) is 31.5 Å². The Morgan fingerprint density at radius 3 is 2.83 bits per heavy atom. The van der Waals surface area contributed by atoms with Crippen molar-refractivity contribution in [2.24, 2.45) is 0 Å². The van der Waals surface area contributed by atoms with Gasteiger partial charge in [-0.1, -0.05) is 55.4 Å². The van der Waals surface area contributed by atoms with Crippen molar-refractivity contribution in [3.8, 4) is 11.3 Å². The van der Waals surface area contributed by atoms with E-state index >= 15 is 0 Å². The van der Waals surface area contributed by atoms with Crippen LogP contribution >= 0.6 is 11.8 Å². The summed E-state index contributed by atoms with van der Waals surface area (Å²) in [7, 11) is 0. The zero-order valence-electron chi connectivity index (χ0n) is 13.0. The molecule has 0 spiro atoms. The van der Waals surface area contributed by atoms with Gasteiger partial charge < -0.3 is 10.3 Å². The van der Waals surface area contributed by atoms with Crippen LogP contribution in [0.5, 0.6) is 0 Å². The molecular weight excluding hydrogens is 310 g/mol. The largest absolute Gasteiger partial charge is 0.440 e. The molecule has 0 aliphatic heterocycles. The van der Waals surface area contributed by atoms with Gasteiger partial charge in [0.05, 0.1) is 11.9 Å². The van der Waals surface area contributed by atoms with E-state index in [1.807, 2.05) is 30.3 Å². The number of nitrogen functional groups attached to an aromatic ring is 1. The van der Waals surface area contributed by atoms with Crippen LogP contribution in [0.4, 0.5) is 0 Å². The quantitative estimate of drug-likeness (QED) is 0.529. The molecule has 0 saturated heterocycles. The lowest BCUT2D eigenvalue weighted by atomic mass is 10.2. The first-order chi connectivity index (χ1) is 11.3. The summed E-state index contributed by atoms with van der Waals surface area (Å²) >= 11 is 1.47. The summed E-state index contributed by atoms with van der Waals surface area (Å²) in [5.41, 5.74) is 1.01. The second-order valence-corrected chi connectivity index (χ2v) is 6.09. The van der Waals surface area contributed by atoms with Gasteiger partial charge in [-0.15, -0.1) is 10.2 Å². The number of nitrogens with zero attached hydrogens (tertiary/aromatic N) is 4. The standard InChI is InChI=1S/C16H19N5OS/c1-2-3-9-14-19-20-16(21(14)17)23-11-15-18-10-13(22-15)12-7-5-4-6-8-12/h4-8,10H,2-3,9,11,17H2,1H3. The van der Waals surface area contributed by atoms with E-state index in [0.29, 0.717) is 16.8 Å². The average Bonchev–Trinajstić information content (AvgIpc) is 3.19. The minimum absolute atomic E-state index is 0.565. The number of thioether (sulfide) groups is 1. The number of benzene rings is 1. The minimum atomic E-state index is 0.565. The van der Waals surface area contributed by atoms with Gasteiger partial charge in [-0.25, -0.2) is 9.66 Å². The maximum Gasteiger partial charge on any atom is 0.210 e. The fraction of sp³-hybridized carbons (Fsp3) is 0.312. The lowest BCUT2D eigenvalue weighted by Gasteiger charge is -2.01. The van der Waals surface area contributed by atoms with Crippen molar-refractivity contribution in [2.75, 3.05) is 5.84 Å². The van der Waals surface area contributed by atoms with E-state index < -0.39 is 0 Å². The molecule has 7 heteroatoms. The number of rotatable bonds is 7. The minimum Gasteiger partial charge on any atom is -0.440 e. The van der Waals surface area contributed by atoms with Crippen molar-refractivity contribution < 1.29 is 4.42 Å². The molecule has 1 aromatic carbocycles. The molecule has 2 heterocycles. The van der Waals surface area contributed by atoms with Crippen LogP contribution in [-0.4, -0.2) is 19.9 Å².